The minimum atomic E-state index is -0.518. The van der Waals surface area contributed by atoms with Crippen molar-refractivity contribution in [1.82, 2.24) is 10.1 Å². The molecule has 0 saturated heterocycles. The highest BCUT2D eigenvalue weighted by Crippen LogP contribution is 2.28. The van der Waals surface area contributed by atoms with Gasteiger partial charge in [-0.25, -0.2) is 4.39 Å². The molecule has 18 heavy (non-hydrogen) atoms. The lowest BCUT2D eigenvalue weighted by Gasteiger charge is -2.00. The fourth-order valence-electron chi connectivity index (χ4n) is 1.57. The molecule has 2 N–H and O–H groups in total. The average molecular weight is 245 g/mol. The molecule has 1 aromatic carbocycles. The van der Waals surface area contributed by atoms with Gasteiger partial charge in [-0.05, 0) is 18.2 Å². The monoisotopic (exact) mass is 245 g/mol. The maximum absolute atomic E-state index is 13.3. The van der Waals surface area contributed by atoms with E-state index in [9.17, 15) is 4.39 Å². The van der Waals surface area contributed by atoms with Crippen molar-refractivity contribution in [2.75, 3.05) is 5.73 Å². The molecular formula is C12H8FN3O2. The van der Waals surface area contributed by atoms with Crippen LogP contribution in [0, 0.1) is 5.82 Å². The van der Waals surface area contributed by atoms with E-state index in [1.54, 1.807) is 12.1 Å². The van der Waals surface area contributed by atoms with Crippen LogP contribution in [0.2, 0.25) is 0 Å². The first kappa shape index (κ1) is 10.5. The van der Waals surface area contributed by atoms with Crippen LogP contribution in [0.25, 0.3) is 22.8 Å². The number of furan rings is 1. The first-order valence-corrected chi connectivity index (χ1v) is 5.16. The van der Waals surface area contributed by atoms with Crippen LogP contribution in [0.4, 0.5) is 10.1 Å². The van der Waals surface area contributed by atoms with Crippen molar-refractivity contribution in [1.29, 1.82) is 0 Å². The molecule has 6 heteroatoms. The summed E-state index contributed by atoms with van der Waals surface area (Å²) in [5.74, 6) is 0.0150. The molecule has 5 nitrogen and oxygen atoms in total. The Morgan fingerprint density at radius 2 is 2.11 bits per heavy atom. The number of nitrogens with zero attached hydrogens (tertiary/aromatic N) is 2. The Morgan fingerprint density at radius 1 is 1.22 bits per heavy atom. The zero-order valence-electron chi connectivity index (χ0n) is 9.13. The molecule has 0 aliphatic heterocycles. The lowest BCUT2D eigenvalue weighted by atomic mass is 10.2. The SMILES string of the molecule is Nc1c(F)cccc1-c1nc(-c2ccoc2)no1. The van der Waals surface area contributed by atoms with Gasteiger partial charge < -0.3 is 14.7 Å². The summed E-state index contributed by atoms with van der Waals surface area (Å²) in [6, 6.07) is 6.11. The average Bonchev–Trinajstić information content (AvgIpc) is 3.01. The third-order valence-corrected chi connectivity index (χ3v) is 2.49. The van der Waals surface area contributed by atoms with Crippen LogP contribution in [-0.2, 0) is 0 Å². The molecule has 2 heterocycles. The number of aromatic nitrogens is 2. The lowest BCUT2D eigenvalue weighted by Crippen LogP contribution is -1.94. The van der Waals surface area contributed by atoms with Crippen molar-refractivity contribution in [3.63, 3.8) is 0 Å². The van der Waals surface area contributed by atoms with Gasteiger partial charge in [0.15, 0.2) is 0 Å². The molecule has 0 fully saturated rings. The molecule has 2 aromatic heterocycles. The highest BCUT2D eigenvalue weighted by Gasteiger charge is 2.15. The van der Waals surface area contributed by atoms with E-state index < -0.39 is 5.82 Å². The van der Waals surface area contributed by atoms with Crippen molar-refractivity contribution < 1.29 is 13.3 Å². The first-order chi connectivity index (χ1) is 8.75. The fraction of sp³-hybridized carbons (Fsp3) is 0. The highest BCUT2D eigenvalue weighted by atomic mass is 19.1. The summed E-state index contributed by atoms with van der Waals surface area (Å²) < 4.78 is 23.3. The smallest absolute Gasteiger partial charge is 0.260 e. The Hall–Kier alpha value is -2.63. The predicted octanol–water partition coefficient (Wildman–Crippen LogP) is 2.72. The molecule has 0 spiro atoms. The standard InChI is InChI=1S/C12H8FN3O2/c13-9-3-1-2-8(10(9)14)12-15-11(16-18-12)7-4-5-17-6-7/h1-6H,14H2. The number of hydrogen-bond acceptors (Lipinski definition) is 5. The van der Waals surface area contributed by atoms with E-state index in [1.165, 1.54) is 24.7 Å². The number of nitrogens with two attached hydrogens (primary N) is 1. The summed E-state index contributed by atoms with van der Waals surface area (Å²) in [7, 11) is 0. The van der Waals surface area contributed by atoms with Crippen LogP contribution in [-0.4, -0.2) is 10.1 Å². The normalized spacial score (nSPS) is 10.7. The zero-order chi connectivity index (χ0) is 12.5. The van der Waals surface area contributed by atoms with Crippen molar-refractivity contribution in [2.24, 2.45) is 0 Å². The maximum atomic E-state index is 13.3. The minimum absolute atomic E-state index is 0.0140. The van der Waals surface area contributed by atoms with Crippen molar-refractivity contribution >= 4 is 5.69 Å². The van der Waals surface area contributed by atoms with Gasteiger partial charge in [-0.3, -0.25) is 0 Å². The second-order valence-corrected chi connectivity index (χ2v) is 3.64. The lowest BCUT2D eigenvalue weighted by molar-refractivity contribution is 0.432. The molecule has 0 aliphatic rings. The summed E-state index contributed by atoms with van der Waals surface area (Å²) in [4.78, 5) is 4.14. The maximum Gasteiger partial charge on any atom is 0.260 e. The van der Waals surface area contributed by atoms with Gasteiger partial charge in [-0.1, -0.05) is 11.2 Å². The van der Waals surface area contributed by atoms with Gasteiger partial charge in [0.1, 0.15) is 12.1 Å². The molecule has 0 saturated carbocycles. The second kappa shape index (κ2) is 3.99. The molecule has 0 bridgehead atoms. The summed E-state index contributed by atoms with van der Waals surface area (Å²) in [6.45, 7) is 0. The predicted molar refractivity (Wildman–Crippen MR) is 61.8 cm³/mol. The fourth-order valence-corrected chi connectivity index (χ4v) is 1.57. The number of rotatable bonds is 2. The van der Waals surface area contributed by atoms with E-state index in [4.69, 9.17) is 14.7 Å². The van der Waals surface area contributed by atoms with Crippen LogP contribution in [0.3, 0.4) is 0 Å². The Bertz CT molecular complexity index is 676. The van der Waals surface area contributed by atoms with Crippen LogP contribution >= 0.6 is 0 Å². The molecule has 0 unspecified atom stereocenters. The van der Waals surface area contributed by atoms with E-state index in [0.29, 0.717) is 17.0 Å². The third kappa shape index (κ3) is 1.64. The molecule has 0 atom stereocenters. The largest absolute Gasteiger partial charge is 0.472 e. The minimum Gasteiger partial charge on any atom is -0.472 e. The molecule has 3 rings (SSSR count). The Morgan fingerprint density at radius 3 is 2.89 bits per heavy atom. The number of hydrogen-bond donors (Lipinski definition) is 1. The van der Waals surface area contributed by atoms with Gasteiger partial charge in [0.05, 0.1) is 23.1 Å². The zero-order valence-corrected chi connectivity index (χ0v) is 9.13. The quantitative estimate of drug-likeness (QED) is 0.702. The topological polar surface area (TPSA) is 78.1 Å². The number of nitrogen functional groups attached to an aromatic ring is 1. The second-order valence-electron chi connectivity index (χ2n) is 3.64. The van der Waals surface area contributed by atoms with Crippen LogP contribution in [0.5, 0.6) is 0 Å². The molecule has 0 amide bonds. The van der Waals surface area contributed by atoms with E-state index >= 15 is 0 Å². The van der Waals surface area contributed by atoms with Crippen LogP contribution < -0.4 is 5.73 Å². The highest BCUT2D eigenvalue weighted by molar-refractivity contribution is 5.71. The number of benzene rings is 1. The van der Waals surface area contributed by atoms with Gasteiger partial charge in [0.2, 0.25) is 5.82 Å². The summed E-state index contributed by atoms with van der Waals surface area (Å²) >= 11 is 0. The van der Waals surface area contributed by atoms with Crippen LogP contribution in [0.1, 0.15) is 0 Å². The van der Waals surface area contributed by atoms with E-state index in [1.807, 2.05) is 0 Å². The van der Waals surface area contributed by atoms with Gasteiger partial charge in [0, 0.05) is 0 Å². The van der Waals surface area contributed by atoms with Crippen molar-refractivity contribution in [3.05, 3.63) is 42.6 Å². The van der Waals surface area contributed by atoms with Crippen molar-refractivity contribution in [2.45, 2.75) is 0 Å². The van der Waals surface area contributed by atoms with Gasteiger partial charge >= 0.3 is 0 Å². The molecule has 3 aromatic rings. The Balaban J connectivity index is 2.06. The van der Waals surface area contributed by atoms with Crippen LogP contribution in [0.15, 0.2) is 45.7 Å². The van der Waals surface area contributed by atoms with E-state index in [0.717, 1.165) is 0 Å². The number of para-hydroxylation sites is 1. The molecule has 0 radical (unpaired) electrons. The van der Waals surface area contributed by atoms with Crippen molar-refractivity contribution in [3.8, 4) is 22.8 Å². The van der Waals surface area contributed by atoms with E-state index in [-0.39, 0.29) is 11.6 Å². The molecule has 90 valence electrons. The Kier molecular flexibility index (Phi) is 2.33. The van der Waals surface area contributed by atoms with E-state index in [2.05, 4.69) is 10.1 Å². The summed E-state index contributed by atoms with van der Waals surface area (Å²) in [5.41, 5.74) is 6.66. The van der Waals surface area contributed by atoms with Gasteiger partial charge in [0.25, 0.3) is 5.89 Å². The van der Waals surface area contributed by atoms with Gasteiger partial charge in [-0.2, -0.15) is 4.98 Å². The summed E-state index contributed by atoms with van der Waals surface area (Å²) in [5, 5.41) is 3.78. The molecule has 0 aliphatic carbocycles. The first-order valence-electron chi connectivity index (χ1n) is 5.16. The Labute approximate surface area is 101 Å². The number of halogens is 1. The van der Waals surface area contributed by atoms with Gasteiger partial charge in [-0.15, -0.1) is 0 Å². The molecular weight excluding hydrogens is 237 g/mol. The summed E-state index contributed by atoms with van der Waals surface area (Å²) in [6.07, 6.45) is 2.99. The third-order valence-electron chi connectivity index (χ3n) is 2.49. The number of anilines is 1.